The number of carbonyl (C=O) groups excluding carboxylic acids is 1. The SMILES string of the molecule is O=C(N1CCOCC1)N1CCC(CC2CC2)C1. The van der Waals surface area contributed by atoms with Crippen LogP contribution < -0.4 is 0 Å². The van der Waals surface area contributed by atoms with Crippen LogP contribution in [-0.2, 0) is 4.74 Å². The van der Waals surface area contributed by atoms with Crippen LogP contribution in [0.15, 0.2) is 0 Å². The maximum atomic E-state index is 12.2. The van der Waals surface area contributed by atoms with E-state index < -0.39 is 0 Å². The molecule has 2 heterocycles. The van der Waals surface area contributed by atoms with Crippen LogP contribution >= 0.6 is 0 Å². The molecule has 17 heavy (non-hydrogen) atoms. The number of hydrogen-bond acceptors (Lipinski definition) is 2. The lowest BCUT2D eigenvalue weighted by atomic mass is 10.0. The summed E-state index contributed by atoms with van der Waals surface area (Å²) in [5, 5.41) is 0. The first kappa shape index (κ1) is 11.3. The lowest BCUT2D eigenvalue weighted by molar-refractivity contribution is 0.0448. The van der Waals surface area contributed by atoms with Gasteiger partial charge in [-0.3, -0.25) is 0 Å². The molecule has 1 unspecified atom stereocenters. The highest BCUT2D eigenvalue weighted by Crippen LogP contribution is 2.38. The van der Waals surface area contributed by atoms with Gasteiger partial charge in [-0.05, 0) is 24.7 Å². The van der Waals surface area contributed by atoms with Crippen LogP contribution in [0, 0.1) is 11.8 Å². The second-order valence-electron chi connectivity index (χ2n) is 5.66. The molecule has 2 amide bonds. The maximum absolute atomic E-state index is 12.2. The van der Waals surface area contributed by atoms with Gasteiger partial charge < -0.3 is 14.5 Å². The van der Waals surface area contributed by atoms with Crippen molar-refractivity contribution in [3.63, 3.8) is 0 Å². The molecular weight excluding hydrogens is 216 g/mol. The average molecular weight is 238 g/mol. The molecule has 3 fully saturated rings. The number of amides is 2. The molecule has 1 saturated carbocycles. The highest BCUT2D eigenvalue weighted by molar-refractivity contribution is 5.74. The minimum atomic E-state index is 0.242. The van der Waals surface area contributed by atoms with Crippen molar-refractivity contribution in [3.8, 4) is 0 Å². The quantitative estimate of drug-likeness (QED) is 0.731. The summed E-state index contributed by atoms with van der Waals surface area (Å²) in [5.74, 6) is 1.76. The van der Waals surface area contributed by atoms with Gasteiger partial charge in [0.15, 0.2) is 0 Å². The van der Waals surface area contributed by atoms with E-state index in [1.54, 1.807) is 0 Å². The van der Waals surface area contributed by atoms with Crippen molar-refractivity contribution in [3.05, 3.63) is 0 Å². The van der Waals surface area contributed by atoms with Crippen LogP contribution in [0.25, 0.3) is 0 Å². The number of urea groups is 1. The van der Waals surface area contributed by atoms with E-state index in [1.807, 2.05) is 4.90 Å². The number of ether oxygens (including phenoxy) is 1. The third-order valence-electron chi connectivity index (χ3n) is 4.20. The fourth-order valence-electron chi connectivity index (χ4n) is 2.98. The fourth-order valence-corrected chi connectivity index (χ4v) is 2.98. The predicted molar refractivity (Wildman–Crippen MR) is 64.8 cm³/mol. The van der Waals surface area contributed by atoms with E-state index in [-0.39, 0.29) is 6.03 Å². The van der Waals surface area contributed by atoms with Crippen LogP contribution in [0.2, 0.25) is 0 Å². The Morgan fingerprint density at radius 1 is 1.00 bits per heavy atom. The van der Waals surface area contributed by atoms with Crippen LogP contribution in [0.1, 0.15) is 25.7 Å². The van der Waals surface area contributed by atoms with Gasteiger partial charge in [0.05, 0.1) is 13.2 Å². The molecule has 0 aromatic heterocycles. The Morgan fingerprint density at radius 2 is 1.76 bits per heavy atom. The monoisotopic (exact) mass is 238 g/mol. The van der Waals surface area contributed by atoms with Crippen LogP contribution in [0.5, 0.6) is 0 Å². The molecular formula is C13H22N2O2. The number of rotatable bonds is 2. The average Bonchev–Trinajstić information content (AvgIpc) is 3.06. The van der Waals surface area contributed by atoms with Gasteiger partial charge in [-0.1, -0.05) is 12.8 Å². The summed E-state index contributed by atoms with van der Waals surface area (Å²) < 4.78 is 5.28. The van der Waals surface area contributed by atoms with E-state index in [0.29, 0.717) is 13.2 Å². The molecule has 4 heteroatoms. The van der Waals surface area contributed by atoms with Gasteiger partial charge in [-0.25, -0.2) is 4.79 Å². The Morgan fingerprint density at radius 3 is 2.47 bits per heavy atom. The third-order valence-corrected chi connectivity index (χ3v) is 4.20. The molecule has 0 radical (unpaired) electrons. The molecule has 0 aromatic carbocycles. The van der Waals surface area contributed by atoms with E-state index in [4.69, 9.17) is 4.74 Å². The van der Waals surface area contributed by atoms with Crippen molar-refractivity contribution >= 4 is 6.03 Å². The second kappa shape index (κ2) is 4.84. The van der Waals surface area contributed by atoms with Crippen LogP contribution in [0.3, 0.4) is 0 Å². The number of hydrogen-bond donors (Lipinski definition) is 0. The molecule has 96 valence electrons. The number of likely N-dealkylation sites (tertiary alicyclic amines) is 1. The summed E-state index contributed by atoms with van der Waals surface area (Å²) in [6.45, 7) is 4.89. The molecule has 1 aliphatic carbocycles. The summed E-state index contributed by atoms with van der Waals surface area (Å²) in [7, 11) is 0. The van der Waals surface area contributed by atoms with Crippen LogP contribution in [-0.4, -0.2) is 55.2 Å². The van der Waals surface area contributed by atoms with Crippen molar-refractivity contribution in [1.82, 2.24) is 9.80 Å². The highest BCUT2D eigenvalue weighted by atomic mass is 16.5. The molecule has 2 aliphatic heterocycles. The van der Waals surface area contributed by atoms with Gasteiger partial charge in [0, 0.05) is 26.2 Å². The topological polar surface area (TPSA) is 32.8 Å². The summed E-state index contributed by atoms with van der Waals surface area (Å²) in [5.41, 5.74) is 0. The standard InChI is InChI=1S/C13H22N2O2/c16-13(14-5-7-17-8-6-14)15-4-3-12(10-15)9-11-1-2-11/h11-12H,1-10H2. The van der Waals surface area contributed by atoms with Gasteiger partial charge >= 0.3 is 6.03 Å². The molecule has 1 atom stereocenters. The number of carbonyl (C=O) groups is 1. The van der Waals surface area contributed by atoms with Crippen LogP contribution in [0.4, 0.5) is 4.79 Å². The van der Waals surface area contributed by atoms with E-state index in [2.05, 4.69) is 4.90 Å². The minimum absolute atomic E-state index is 0.242. The fraction of sp³-hybridized carbons (Fsp3) is 0.923. The summed E-state index contributed by atoms with van der Waals surface area (Å²) in [6.07, 6.45) is 5.42. The van der Waals surface area contributed by atoms with E-state index in [0.717, 1.165) is 38.0 Å². The Bertz CT molecular complexity index is 285. The van der Waals surface area contributed by atoms with Gasteiger partial charge in [-0.2, -0.15) is 0 Å². The first-order chi connectivity index (χ1) is 8.33. The Hall–Kier alpha value is -0.770. The zero-order valence-electron chi connectivity index (χ0n) is 10.4. The predicted octanol–water partition coefficient (Wildman–Crippen LogP) is 1.56. The van der Waals surface area contributed by atoms with E-state index >= 15 is 0 Å². The lowest BCUT2D eigenvalue weighted by Crippen LogP contribution is -2.47. The van der Waals surface area contributed by atoms with E-state index in [9.17, 15) is 4.79 Å². The highest BCUT2D eigenvalue weighted by Gasteiger charge is 2.33. The maximum Gasteiger partial charge on any atom is 0.320 e. The zero-order chi connectivity index (χ0) is 11.7. The third kappa shape index (κ3) is 2.73. The van der Waals surface area contributed by atoms with E-state index in [1.165, 1.54) is 25.7 Å². The van der Waals surface area contributed by atoms with Gasteiger partial charge in [0.25, 0.3) is 0 Å². The molecule has 0 aromatic rings. The van der Waals surface area contributed by atoms with Gasteiger partial charge in [-0.15, -0.1) is 0 Å². The number of morpholine rings is 1. The van der Waals surface area contributed by atoms with Crippen molar-refractivity contribution in [2.24, 2.45) is 11.8 Å². The zero-order valence-corrected chi connectivity index (χ0v) is 10.4. The Balaban J connectivity index is 1.48. The largest absolute Gasteiger partial charge is 0.378 e. The number of nitrogens with zero attached hydrogens (tertiary/aromatic N) is 2. The molecule has 4 nitrogen and oxygen atoms in total. The van der Waals surface area contributed by atoms with Crippen molar-refractivity contribution < 1.29 is 9.53 Å². The summed E-state index contributed by atoms with van der Waals surface area (Å²) in [6, 6.07) is 0.242. The van der Waals surface area contributed by atoms with Gasteiger partial charge in [0.2, 0.25) is 0 Å². The summed E-state index contributed by atoms with van der Waals surface area (Å²) in [4.78, 5) is 16.2. The van der Waals surface area contributed by atoms with Crippen molar-refractivity contribution in [2.45, 2.75) is 25.7 Å². The van der Waals surface area contributed by atoms with Crippen molar-refractivity contribution in [2.75, 3.05) is 39.4 Å². The van der Waals surface area contributed by atoms with Crippen molar-refractivity contribution in [1.29, 1.82) is 0 Å². The summed E-state index contributed by atoms with van der Waals surface area (Å²) >= 11 is 0. The molecule has 2 saturated heterocycles. The first-order valence-electron chi connectivity index (χ1n) is 6.94. The first-order valence-corrected chi connectivity index (χ1v) is 6.94. The Labute approximate surface area is 103 Å². The normalized spacial score (nSPS) is 29.8. The van der Waals surface area contributed by atoms with Gasteiger partial charge in [0.1, 0.15) is 0 Å². The Kier molecular flexibility index (Phi) is 3.23. The second-order valence-corrected chi connectivity index (χ2v) is 5.66. The molecule has 0 bridgehead atoms. The molecule has 3 rings (SSSR count). The molecule has 0 spiro atoms. The molecule has 3 aliphatic rings. The minimum Gasteiger partial charge on any atom is -0.378 e. The smallest absolute Gasteiger partial charge is 0.320 e. The molecule has 0 N–H and O–H groups in total. The lowest BCUT2D eigenvalue weighted by Gasteiger charge is -2.31.